The number of hydrogen-bond donors (Lipinski definition) is 0. The maximum absolute atomic E-state index is 6.37. The molecule has 1 aromatic heterocycles. The van der Waals surface area contributed by atoms with Crippen LogP contribution in [0.1, 0.15) is 0 Å². The molecular weight excluding hydrogens is 303 g/mol. The molecule has 21 heavy (non-hydrogen) atoms. The standard InChI is InChI=1S/C17H14Cl2N2/c1-20(15-5-3-2-4-6-15)21-11-16(17(19)12-21)13-7-9-14(18)10-8-13/h2-12H,1H3. The fourth-order valence-electron chi connectivity index (χ4n) is 2.21. The Morgan fingerprint density at radius 3 is 2.19 bits per heavy atom. The lowest BCUT2D eigenvalue weighted by Gasteiger charge is -2.20. The van der Waals surface area contributed by atoms with Crippen LogP contribution in [0.3, 0.4) is 0 Å². The van der Waals surface area contributed by atoms with Crippen LogP contribution < -0.4 is 5.01 Å². The van der Waals surface area contributed by atoms with Gasteiger partial charge in [-0.3, -0.25) is 9.69 Å². The Morgan fingerprint density at radius 2 is 1.52 bits per heavy atom. The van der Waals surface area contributed by atoms with Crippen molar-refractivity contribution in [3.63, 3.8) is 0 Å². The third-order valence-corrected chi connectivity index (χ3v) is 3.95. The van der Waals surface area contributed by atoms with Crippen molar-refractivity contribution in [3.05, 3.63) is 77.0 Å². The van der Waals surface area contributed by atoms with Gasteiger partial charge in [-0.15, -0.1) is 0 Å². The quantitative estimate of drug-likeness (QED) is 0.631. The molecule has 0 spiro atoms. The largest absolute Gasteiger partial charge is 0.285 e. The summed E-state index contributed by atoms with van der Waals surface area (Å²) in [7, 11) is 2.00. The molecular formula is C17H14Cl2N2. The van der Waals surface area contributed by atoms with Crippen molar-refractivity contribution in [2.75, 3.05) is 12.1 Å². The average molecular weight is 317 g/mol. The van der Waals surface area contributed by atoms with Gasteiger partial charge in [-0.05, 0) is 29.8 Å². The zero-order valence-corrected chi connectivity index (χ0v) is 13.0. The number of anilines is 1. The van der Waals surface area contributed by atoms with Gasteiger partial charge < -0.3 is 0 Å². The van der Waals surface area contributed by atoms with Gasteiger partial charge in [0.1, 0.15) is 0 Å². The molecule has 0 amide bonds. The summed E-state index contributed by atoms with van der Waals surface area (Å²) in [6.07, 6.45) is 3.91. The van der Waals surface area contributed by atoms with Crippen LogP contribution in [0.2, 0.25) is 10.0 Å². The lowest BCUT2D eigenvalue weighted by Crippen LogP contribution is -2.22. The van der Waals surface area contributed by atoms with Crippen molar-refractivity contribution in [3.8, 4) is 11.1 Å². The molecule has 0 aliphatic carbocycles. The van der Waals surface area contributed by atoms with E-state index in [1.165, 1.54) is 0 Å². The van der Waals surface area contributed by atoms with Crippen LogP contribution in [-0.4, -0.2) is 11.7 Å². The van der Waals surface area contributed by atoms with Crippen molar-refractivity contribution in [2.45, 2.75) is 0 Å². The molecule has 3 rings (SSSR count). The number of aromatic nitrogens is 1. The molecule has 0 fully saturated rings. The zero-order chi connectivity index (χ0) is 14.8. The normalized spacial score (nSPS) is 10.6. The van der Waals surface area contributed by atoms with Crippen molar-refractivity contribution in [2.24, 2.45) is 0 Å². The van der Waals surface area contributed by atoms with E-state index in [1.54, 1.807) is 0 Å². The molecule has 0 bridgehead atoms. The van der Waals surface area contributed by atoms with Crippen LogP contribution in [0.15, 0.2) is 67.0 Å². The predicted octanol–water partition coefficient (Wildman–Crippen LogP) is 5.36. The van der Waals surface area contributed by atoms with E-state index in [0.29, 0.717) is 5.02 Å². The van der Waals surface area contributed by atoms with Gasteiger partial charge in [-0.25, -0.2) is 0 Å². The van der Waals surface area contributed by atoms with Crippen molar-refractivity contribution >= 4 is 28.9 Å². The van der Waals surface area contributed by atoms with E-state index in [1.807, 2.05) is 71.6 Å². The fraction of sp³-hybridized carbons (Fsp3) is 0.0588. The van der Waals surface area contributed by atoms with Gasteiger partial charge >= 0.3 is 0 Å². The predicted molar refractivity (Wildman–Crippen MR) is 90.1 cm³/mol. The first kappa shape index (κ1) is 14.1. The maximum atomic E-state index is 6.37. The molecule has 3 aromatic rings. The van der Waals surface area contributed by atoms with Gasteiger partial charge in [0.2, 0.25) is 0 Å². The number of para-hydroxylation sites is 1. The second-order valence-electron chi connectivity index (χ2n) is 4.77. The minimum absolute atomic E-state index is 0.708. The lowest BCUT2D eigenvalue weighted by molar-refractivity contribution is 0.781. The molecule has 0 aliphatic rings. The van der Waals surface area contributed by atoms with Crippen LogP contribution in [0.5, 0.6) is 0 Å². The van der Waals surface area contributed by atoms with Gasteiger partial charge in [-0.1, -0.05) is 53.5 Å². The van der Waals surface area contributed by atoms with E-state index in [2.05, 4.69) is 12.1 Å². The second kappa shape index (κ2) is 5.84. The van der Waals surface area contributed by atoms with Gasteiger partial charge in [0.15, 0.2) is 0 Å². The molecule has 1 heterocycles. The van der Waals surface area contributed by atoms with Crippen LogP contribution in [0.4, 0.5) is 5.69 Å². The first-order valence-electron chi connectivity index (χ1n) is 6.57. The van der Waals surface area contributed by atoms with Gasteiger partial charge in [-0.2, -0.15) is 0 Å². The second-order valence-corrected chi connectivity index (χ2v) is 5.61. The summed E-state index contributed by atoms with van der Waals surface area (Å²) in [6.45, 7) is 0. The summed E-state index contributed by atoms with van der Waals surface area (Å²) in [6, 6.07) is 17.8. The summed E-state index contributed by atoms with van der Waals surface area (Å²) in [5, 5.41) is 3.46. The Balaban J connectivity index is 1.96. The van der Waals surface area contributed by atoms with E-state index < -0.39 is 0 Å². The van der Waals surface area contributed by atoms with Crippen LogP contribution >= 0.6 is 23.2 Å². The number of halogens is 2. The van der Waals surface area contributed by atoms with Crippen molar-refractivity contribution in [1.29, 1.82) is 0 Å². The zero-order valence-electron chi connectivity index (χ0n) is 11.5. The fourth-order valence-corrected chi connectivity index (χ4v) is 2.59. The Kier molecular flexibility index (Phi) is 3.91. The highest BCUT2D eigenvalue weighted by Crippen LogP contribution is 2.30. The van der Waals surface area contributed by atoms with Gasteiger partial charge in [0, 0.05) is 30.0 Å². The van der Waals surface area contributed by atoms with Crippen molar-refractivity contribution < 1.29 is 0 Å². The molecule has 4 heteroatoms. The van der Waals surface area contributed by atoms with Crippen molar-refractivity contribution in [1.82, 2.24) is 4.68 Å². The van der Waals surface area contributed by atoms with E-state index in [-0.39, 0.29) is 0 Å². The molecule has 0 atom stereocenters. The number of rotatable bonds is 3. The van der Waals surface area contributed by atoms with E-state index >= 15 is 0 Å². The van der Waals surface area contributed by atoms with Gasteiger partial charge in [0.25, 0.3) is 0 Å². The highest BCUT2D eigenvalue weighted by Gasteiger charge is 2.10. The monoisotopic (exact) mass is 316 g/mol. The Labute approximate surface area is 134 Å². The lowest BCUT2D eigenvalue weighted by atomic mass is 10.1. The summed E-state index contributed by atoms with van der Waals surface area (Å²) < 4.78 is 1.97. The maximum Gasteiger partial charge on any atom is 0.0682 e. The molecule has 0 saturated heterocycles. The highest BCUT2D eigenvalue weighted by molar-refractivity contribution is 6.33. The number of benzene rings is 2. The molecule has 2 nitrogen and oxygen atoms in total. The third kappa shape index (κ3) is 2.92. The van der Waals surface area contributed by atoms with E-state index in [4.69, 9.17) is 23.2 Å². The Hall–Kier alpha value is -1.90. The highest BCUT2D eigenvalue weighted by atomic mass is 35.5. The van der Waals surface area contributed by atoms with Crippen LogP contribution in [0, 0.1) is 0 Å². The average Bonchev–Trinajstić information content (AvgIpc) is 2.90. The number of hydrogen-bond acceptors (Lipinski definition) is 1. The summed E-state index contributed by atoms with van der Waals surface area (Å²) in [5.74, 6) is 0. The molecule has 0 unspecified atom stereocenters. The molecule has 106 valence electrons. The van der Waals surface area contributed by atoms with Gasteiger partial charge in [0.05, 0.1) is 10.7 Å². The molecule has 2 aromatic carbocycles. The molecule has 0 saturated carbocycles. The molecule has 0 aliphatic heterocycles. The summed E-state index contributed by atoms with van der Waals surface area (Å²) in [4.78, 5) is 0. The SMILES string of the molecule is CN(c1ccccc1)n1cc(Cl)c(-c2ccc(Cl)cc2)c1. The molecule has 0 N–H and O–H groups in total. The minimum atomic E-state index is 0.708. The smallest absolute Gasteiger partial charge is 0.0682 e. The minimum Gasteiger partial charge on any atom is -0.285 e. The van der Waals surface area contributed by atoms with Crippen LogP contribution in [0.25, 0.3) is 11.1 Å². The van der Waals surface area contributed by atoms with E-state index in [9.17, 15) is 0 Å². The first-order valence-corrected chi connectivity index (χ1v) is 7.33. The first-order chi connectivity index (χ1) is 10.1. The summed E-state index contributed by atoms with van der Waals surface area (Å²) >= 11 is 12.3. The Bertz CT molecular complexity index is 733. The topological polar surface area (TPSA) is 8.17 Å². The van der Waals surface area contributed by atoms with Crippen LogP contribution in [-0.2, 0) is 0 Å². The van der Waals surface area contributed by atoms with E-state index in [0.717, 1.165) is 21.8 Å². The molecule has 0 radical (unpaired) electrons. The Morgan fingerprint density at radius 1 is 0.857 bits per heavy atom. The third-order valence-electron chi connectivity index (χ3n) is 3.40. The summed E-state index contributed by atoms with van der Waals surface area (Å²) in [5.41, 5.74) is 3.12. The number of nitrogens with zero attached hydrogens (tertiary/aromatic N) is 2.